The Bertz CT molecular complexity index is 553. The number of nitrogens with zero attached hydrogens (tertiary/aromatic N) is 2. The number of hydrogen-bond donors (Lipinski definition) is 0. The molecule has 0 aliphatic carbocycles. The number of hydrogen-bond acceptors (Lipinski definition) is 7. The third-order valence-electron chi connectivity index (χ3n) is 4.82. The first-order chi connectivity index (χ1) is 15.2. The average Bonchev–Trinajstić information content (AvgIpc) is 2.75. The molecule has 0 saturated carbocycles. The van der Waals surface area contributed by atoms with Crippen molar-refractivity contribution in [2.75, 3.05) is 65.8 Å². The quantitative estimate of drug-likeness (QED) is 0.344. The molecule has 0 atom stereocenters. The zero-order valence-electron chi connectivity index (χ0n) is 19.6. The fourth-order valence-corrected chi connectivity index (χ4v) is 3.52. The summed E-state index contributed by atoms with van der Waals surface area (Å²) in [6.07, 6.45) is 12.1. The molecular formula is C24H40N2O5. The van der Waals surface area contributed by atoms with Gasteiger partial charge < -0.3 is 33.5 Å². The number of ether oxygens (including phenoxy) is 5. The second kappa shape index (κ2) is 15.2. The maximum atomic E-state index is 6.03. The highest BCUT2D eigenvalue weighted by Crippen LogP contribution is 2.13. The highest BCUT2D eigenvalue weighted by atomic mass is 16.7. The molecule has 176 valence electrons. The summed E-state index contributed by atoms with van der Waals surface area (Å²) < 4.78 is 28.7. The van der Waals surface area contributed by atoms with Crippen LogP contribution in [0, 0.1) is 0 Å². The van der Waals surface area contributed by atoms with E-state index >= 15 is 0 Å². The molecule has 0 aromatic rings. The zero-order valence-corrected chi connectivity index (χ0v) is 19.6. The van der Waals surface area contributed by atoms with Crippen molar-refractivity contribution in [3.63, 3.8) is 0 Å². The molecule has 0 radical (unpaired) electrons. The second-order valence-corrected chi connectivity index (χ2v) is 7.37. The van der Waals surface area contributed by atoms with E-state index < -0.39 is 0 Å². The van der Waals surface area contributed by atoms with E-state index in [1.54, 1.807) is 0 Å². The normalized spacial score (nSPS) is 16.5. The van der Waals surface area contributed by atoms with Gasteiger partial charge in [-0.1, -0.05) is 12.2 Å². The van der Waals surface area contributed by atoms with Gasteiger partial charge in [0.05, 0.1) is 26.3 Å². The van der Waals surface area contributed by atoms with Crippen LogP contribution < -0.4 is 0 Å². The summed E-state index contributed by atoms with van der Waals surface area (Å²) >= 11 is 0. The molecule has 2 aliphatic heterocycles. The van der Waals surface area contributed by atoms with E-state index in [9.17, 15) is 0 Å². The number of allylic oxidation sites excluding steroid dienone is 4. The van der Waals surface area contributed by atoms with Gasteiger partial charge in [-0.05, 0) is 63.4 Å². The van der Waals surface area contributed by atoms with Gasteiger partial charge in [0.1, 0.15) is 0 Å². The van der Waals surface area contributed by atoms with Crippen LogP contribution in [0.1, 0.15) is 27.7 Å². The molecule has 0 aromatic heterocycles. The van der Waals surface area contributed by atoms with Crippen LogP contribution in [0.3, 0.4) is 0 Å². The van der Waals surface area contributed by atoms with Crippen molar-refractivity contribution in [2.45, 2.75) is 40.3 Å². The lowest BCUT2D eigenvalue weighted by Gasteiger charge is -2.29. The van der Waals surface area contributed by atoms with Gasteiger partial charge in [0, 0.05) is 39.5 Å². The van der Waals surface area contributed by atoms with E-state index in [0.717, 1.165) is 13.1 Å². The Morgan fingerprint density at radius 2 is 1.06 bits per heavy atom. The minimum Gasteiger partial charge on any atom is -0.373 e. The summed E-state index contributed by atoms with van der Waals surface area (Å²) in [5.41, 5.74) is 2.48. The van der Waals surface area contributed by atoms with Crippen molar-refractivity contribution in [3.8, 4) is 0 Å². The molecule has 0 fully saturated rings. The van der Waals surface area contributed by atoms with Crippen LogP contribution in [0.15, 0.2) is 47.9 Å². The van der Waals surface area contributed by atoms with Crippen LogP contribution in [0.2, 0.25) is 0 Å². The Kier molecular flexibility index (Phi) is 12.6. The van der Waals surface area contributed by atoms with Crippen molar-refractivity contribution in [1.82, 2.24) is 9.80 Å². The molecule has 0 spiro atoms. The Labute approximate surface area is 187 Å². The lowest BCUT2D eigenvalue weighted by molar-refractivity contribution is -0.143. The van der Waals surface area contributed by atoms with Gasteiger partial charge >= 0.3 is 0 Å². The molecule has 0 N–H and O–H groups in total. The predicted octanol–water partition coefficient (Wildman–Crippen LogP) is 3.31. The van der Waals surface area contributed by atoms with Crippen LogP contribution in [-0.2, 0) is 23.7 Å². The molecule has 2 heterocycles. The molecule has 0 bridgehead atoms. The summed E-state index contributed by atoms with van der Waals surface area (Å²) in [6.45, 7) is 14.8. The highest BCUT2D eigenvalue weighted by Gasteiger charge is 2.17. The van der Waals surface area contributed by atoms with E-state index in [2.05, 4.69) is 46.5 Å². The molecule has 0 aromatic carbocycles. The van der Waals surface area contributed by atoms with E-state index in [1.165, 1.54) is 11.1 Å². The van der Waals surface area contributed by atoms with Crippen molar-refractivity contribution in [2.24, 2.45) is 0 Å². The first-order valence-corrected chi connectivity index (χ1v) is 11.4. The summed E-state index contributed by atoms with van der Waals surface area (Å²) in [5, 5.41) is 0. The topological polar surface area (TPSA) is 52.6 Å². The van der Waals surface area contributed by atoms with Crippen LogP contribution in [-0.4, -0.2) is 88.2 Å². The van der Waals surface area contributed by atoms with Crippen molar-refractivity contribution >= 4 is 0 Å². The predicted molar refractivity (Wildman–Crippen MR) is 122 cm³/mol. The third kappa shape index (κ3) is 10.0. The average molecular weight is 437 g/mol. The van der Waals surface area contributed by atoms with E-state index in [-0.39, 0.29) is 12.6 Å². The standard InChI is InChI=1S/C24H40N2O5/c1-5-28-23(29-6-2)17-25-13-9-11-21(15-25)19-27-20-22-12-10-14-26(16-22)18-24(30-7-3)31-8-4/h9-14,23-24H,5-8,15-20H2,1-4H3. The maximum Gasteiger partial charge on any atom is 0.174 e. The SMILES string of the molecule is CCOC(CN1C=CC=C(COCC2=CC=CN(CC(OCC)OCC)C2)C1)OCC. The van der Waals surface area contributed by atoms with Gasteiger partial charge in [0.25, 0.3) is 0 Å². The van der Waals surface area contributed by atoms with Crippen LogP contribution in [0.25, 0.3) is 0 Å². The lowest BCUT2D eigenvalue weighted by Crippen LogP contribution is -2.35. The van der Waals surface area contributed by atoms with Crippen LogP contribution in [0.4, 0.5) is 0 Å². The number of rotatable bonds is 16. The summed E-state index contributed by atoms with van der Waals surface area (Å²) in [5.74, 6) is 0. The molecule has 31 heavy (non-hydrogen) atoms. The molecule has 0 amide bonds. The summed E-state index contributed by atoms with van der Waals surface area (Å²) in [7, 11) is 0. The zero-order chi connectivity index (χ0) is 22.3. The van der Waals surface area contributed by atoms with Crippen LogP contribution >= 0.6 is 0 Å². The Balaban J connectivity index is 1.72. The lowest BCUT2D eigenvalue weighted by atomic mass is 10.2. The van der Waals surface area contributed by atoms with Crippen molar-refractivity contribution < 1.29 is 23.7 Å². The molecule has 7 heteroatoms. The molecule has 0 unspecified atom stereocenters. The first-order valence-electron chi connectivity index (χ1n) is 11.4. The second-order valence-electron chi connectivity index (χ2n) is 7.37. The van der Waals surface area contributed by atoms with E-state index in [1.807, 2.05) is 27.7 Å². The fraction of sp³-hybridized carbons (Fsp3) is 0.667. The molecule has 7 nitrogen and oxygen atoms in total. The fourth-order valence-electron chi connectivity index (χ4n) is 3.52. The van der Waals surface area contributed by atoms with Gasteiger partial charge in [-0.25, -0.2) is 0 Å². The minimum absolute atomic E-state index is 0.206. The monoisotopic (exact) mass is 436 g/mol. The van der Waals surface area contributed by atoms with Gasteiger partial charge in [0.2, 0.25) is 0 Å². The van der Waals surface area contributed by atoms with Gasteiger partial charge in [-0.2, -0.15) is 0 Å². The Hall–Kier alpha value is -1.64. The molecule has 0 saturated heterocycles. The molecule has 2 aliphatic rings. The van der Waals surface area contributed by atoms with Crippen molar-refractivity contribution in [3.05, 3.63) is 47.9 Å². The Morgan fingerprint density at radius 1 is 0.677 bits per heavy atom. The van der Waals surface area contributed by atoms with E-state index in [4.69, 9.17) is 23.7 Å². The highest BCUT2D eigenvalue weighted by molar-refractivity contribution is 5.21. The van der Waals surface area contributed by atoms with Crippen molar-refractivity contribution in [1.29, 1.82) is 0 Å². The van der Waals surface area contributed by atoms with E-state index in [0.29, 0.717) is 52.7 Å². The smallest absolute Gasteiger partial charge is 0.174 e. The van der Waals surface area contributed by atoms with Crippen LogP contribution in [0.5, 0.6) is 0 Å². The third-order valence-corrected chi connectivity index (χ3v) is 4.82. The van der Waals surface area contributed by atoms with Gasteiger partial charge in [-0.3, -0.25) is 0 Å². The molecular weight excluding hydrogens is 396 g/mol. The largest absolute Gasteiger partial charge is 0.373 e. The minimum atomic E-state index is -0.206. The molecule has 2 rings (SSSR count). The first kappa shape index (κ1) is 25.6. The Morgan fingerprint density at radius 3 is 1.42 bits per heavy atom. The summed E-state index contributed by atoms with van der Waals surface area (Å²) in [4.78, 5) is 4.42. The summed E-state index contributed by atoms with van der Waals surface area (Å²) in [6, 6.07) is 0. The van der Waals surface area contributed by atoms with Gasteiger partial charge in [-0.15, -0.1) is 0 Å². The maximum absolute atomic E-state index is 6.03. The van der Waals surface area contributed by atoms with Gasteiger partial charge in [0.15, 0.2) is 12.6 Å².